The zero-order valence-electron chi connectivity index (χ0n) is 23.1. The molecular formula is C27H42O12S. The molecule has 0 aromatic heterocycles. The predicted molar refractivity (Wildman–Crippen MR) is 143 cm³/mol. The van der Waals surface area contributed by atoms with Crippen molar-refractivity contribution in [2.24, 2.45) is 11.8 Å². The highest BCUT2D eigenvalue weighted by atomic mass is 32.2. The summed E-state index contributed by atoms with van der Waals surface area (Å²) in [5.74, 6) is -7.66. The lowest BCUT2D eigenvalue weighted by atomic mass is 9.91. The van der Waals surface area contributed by atoms with Crippen LogP contribution in [0.2, 0.25) is 0 Å². The van der Waals surface area contributed by atoms with Crippen molar-refractivity contribution in [1.82, 2.24) is 0 Å². The van der Waals surface area contributed by atoms with E-state index in [2.05, 4.69) is 0 Å². The van der Waals surface area contributed by atoms with Gasteiger partial charge in [-0.25, -0.2) is 8.42 Å². The molecule has 0 saturated carbocycles. The van der Waals surface area contributed by atoms with Gasteiger partial charge in [0, 0.05) is 51.4 Å². The average Bonchev–Trinajstić information content (AvgIpc) is 2.83. The Labute approximate surface area is 234 Å². The lowest BCUT2D eigenvalue weighted by Gasteiger charge is -2.13. The lowest BCUT2D eigenvalue weighted by Crippen LogP contribution is -2.21. The second-order valence-electron chi connectivity index (χ2n) is 10.1. The SMILES string of the molecule is CCCC(CC(=O)CCC(CC(=O)CCCCC(=O)CCCS(=O)(=O)CC(=O)CCCC(=O)O)C(=O)O)C(=O)O. The highest BCUT2D eigenvalue weighted by Gasteiger charge is 2.25. The minimum atomic E-state index is -3.69. The van der Waals surface area contributed by atoms with Gasteiger partial charge in [-0.15, -0.1) is 0 Å². The normalized spacial score (nSPS) is 12.8. The van der Waals surface area contributed by atoms with Crippen LogP contribution in [0, 0.1) is 11.8 Å². The first-order valence-corrected chi connectivity index (χ1v) is 15.4. The summed E-state index contributed by atoms with van der Waals surface area (Å²) >= 11 is 0. The highest BCUT2D eigenvalue weighted by Crippen LogP contribution is 2.19. The summed E-state index contributed by atoms with van der Waals surface area (Å²) in [4.78, 5) is 81.2. The Morgan fingerprint density at radius 1 is 0.575 bits per heavy atom. The summed E-state index contributed by atoms with van der Waals surface area (Å²) < 4.78 is 24.0. The van der Waals surface area contributed by atoms with Gasteiger partial charge in [-0.2, -0.15) is 0 Å². The quantitative estimate of drug-likeness (QED) is 0.124. The van der Waals surface area contributed by atoms with Crippen molar-refractivity contribution in [2.75, 3.05) is 11.5 Å². The Bertz CT molecular complexity index is 999. The number of carboxylic acids is 3. The number of hydrogen-bond acceptors (Lipinski definition) is 9. The fourth-order valence-corrected chi connectivity index (χ4v) is 5.51. The molecule has 3 N–H and O–H groups in total. The summed E-state index contributed by atoms with van der Waals surface area (Å²) in [6.45, 7) is 1.80. The van der Waals surface area contributed by atoms with Crippen LogP contribution < -0.4 is 0 Å². The predicted octanol–water partition coefficient (Wildman–Crippen LogP) is 3.04. The number of ketones is 4. The lowest BCUT2D eigenvalue weighted by molar-refractivity contribution is -0.145. The van der Waals surface area contributed by atoms with Crippen molar-refractivity contribution >= 4 is 50.9 Å². The van der Waals surface area contributed by atoms with E-state index < -0.39 is 51.1 Å². The van der Waals surface area contributed by atoms with E-state index in [-0.39, 0.29) is 93.7 Å². The summed E-state index contributed by atoms with van der Waals surface area (Å²) in [7, 11) is -3.69. The Morgan fingerprint density at radius 2 is 1.05 bits per heavy atom. The van der Waals surface area contributed by atoms with E-state index in [1.807, 2.05) is 0 Å². The molecule has 0 aliphatic rings. The van der Waals surface area contributed by atoms with Crippen LogP contribution in [-0.4, -0.2) is 76.3 Å². The van der Waals surface area contributed by atoms with E-state index in [1.54, 1.807) is 6.92 Å². The van der Waals surface area contributed by atoms with E-state index in [0.29, 0.717) is 25.7 Å². The number of unbranched alkanes of at least 4 members (excludes halogenated alkanes) is 1. The molecular weight excluding hydrogens is 548 g/mol. The number of carbonyl (C=O) groups excluding carboxylic acids is 4. The van der Waals surface area contributed by atoms with Crippen molar-refractivity contribution in [1.29, 1.82) is 0 Å². The standard InChI is InChI=1S/C27H42O12S/c1-2-7-19(26(34)35)16-23(30)14-13-20(27(36)37)17-22(29)9-4-3-8-21(28)11-6-15-40(38,39)18-24(31)10-5-12-25(32)33/h19-20H,2-18H2,1H3,(H,32,33)(H,34,35)(H,36,37). The maximum Gasteiger partial charge on any atom is 0.306 e. The maximum absolute atomic E-state index is 12.2. The summed E-state index contributed by atoms with van der Waals surface area (Å²) in [6.07, 6.45) is 0.975. The monoisotopic (exact) mass is 590 g/mol. The number of carbonyl (C=O) groups is 7. The summed E-state index contributed by atoms with van der Waals surface area (Å²) in [6, 6.07) is 0. The molecule has 0 heterocycles. The molecule has 12 nitrogen and oxygen atoms in total. The first-order valence-electron chi connectivity index (χ1n) is 13.6. The minimum absolute atomic E-state index is 0.00348. The molecule has 228 valence electrons. The Balaban J connectivity index is 4.28. The molecule has 0 aliphatic heterocycles. The summed E-state index contributed by atoms with van der Waals surface area (Å²) in [5, 5.41) is 27.1. The molecule has 0 spiro atoms. The average molecular weight is 591 g/mol. The first-order chi connectivity index (χ1) is 18.7. The highest BCUT2D eigenvalue weighted by molar-refractivity contribution is 7.92. The molecule has 0 radical (unpaired) electrons. The Morgan fingerprint density at radius 3 is 1.57 bits per heavy atom. The van der Waals surface area contributed by atoms with Gasteiger partial charge < -0.3 is 15.3 Å². The molecule has 13 heteroatoms. The minimum Gasteiger partial charge on any atom is -0.481 e. The molecule has 0 aliphatic carbocycles. The van der Waals surface area contributed by atoms with Gasteiger partial charge in [0.2, 0.25) is 0 Å². The number of Topliss-reactive ketones (excluding diaryl/α,β-unsaturated/α-hetero) is 4. The third-order valence-electron chi connectivity index (χ3n) is 6.35. The van der Waals surface area contributed by atoms with Crippen LogP contribution in [0.4, 0.5) is 0 Å². The number of carboxylic acid groups (broad SMARTS) is 3. The van der Waals surface area contributed by atoms with Crippen molar-refractivity contribution in [3.05, 3.63) is 0 Å². The van der Waals surface area contributed by atoms with Crippen LogP contribution in [0.25, 0.3) is 0 Å². The molecule has 2 atom stereocenters. The van der Waals surface area contributed by atoms with Gasteiger partial charge in [-0.1, -0.05) is 13.3 Å². The third-order valence-corrected chi connectivity index (χ3v) is 8.03. The maximum atomic E-state index is 12.2. The molecule has 0 bridgehead atoms. The topological polar surface area (TPSA) is 214 Å². The second-order valence-corrected chi connectivity index (χ2v) is 12.3. The largest absolute Gasteiger partial charge is 0.481 e. The summed E-state index contributed by atoms with van der Waals surface area (Å²) in [5.41, 5.74) is 0. The van der Waals surface area contributed by atoms with Crippen LogP contribution in [0.5, 0.6) is 0 Å². The smallest absolute Gasteiger partial charge is 0.306 e. The molecule has 0 aromatic rings. The Hall–Kier alpha value is -2.96. The van der Waals surface area contributed by atoms with Gasteiger partial charge >= 0.3 is 17.9 Å². The van der Waals surface area contributed by atoms with Crippen LogP contribution in [0.1, 0.15) is 103 Å². The van der Waals surface area contributed by atoms with Crippen molar-refractivity contribution in [2.45, 2.75) is 103 Å². The van der Waals surface area contributed by atoms with Crippen LogP contribution in [-0.2, 0) is 43.4 Å². The zero-order chi connectivity index (χ0) is 30.7. The van der Waals surface area contributed by atoms with Crippen molar-refractivity contribution in [3.63, 3.8) is 0 Å². The molecule has 0 fully saturated rings. The number of aliphatic carboxylic acids is 3. The van der Waals surface area contributed by atoms with Crippen LogP contribution >= 0.6 is 0 Å². The van der Waals surface area contributed by atoms with E-state index in [0.717, 1.165) is 0 Å². The first kappa shape index (κ1) is 37.0. The fourth-order valence-electron chi connectivity index (χ4n) is 4.15. The van der Waals surface area contributed by atoms with E-state index in [1.165, 1.54) is 0 Å². The zero-order valence-corrected chi connectivity index (χ0v) is 23.9. The van der Waals surface area contributed by atoms with E-state index in [4.69, 9.17) is 10.2 Å². The van der Waals surface area contributed by atoms with E-state index >= 15 is 0 Å². The second kappa shape index (κ2) is 20.0. The van der Waals surface area contributed by atoms with Crippen LogP contribution in [0.15, 0.2) is 0 Å². The molecule has 40 heavy (non-hydrogen) atoms. The van der Waals surface area contributed by atoms with Gasteiger partial charge in [0.15, 0.2) is 9.84 Å². The number of rotatable bonds is 26. The molecule has 0 rings (SSSR count). The van der Waals surface area contributed by atoms with Gasteiger partial charge in [-0.3, -0.25) is 33.6 Å². The molecule has 0 amide bonds. The van der Waals surface area contributed by atoms with Crippen molar-refractivity contribution in [3.8, 4) is 0 Å². The Kier molecular flexibility index (Phi) is 18.5. The van der Waals surface area contributed by atoms with Gasteiger partial charge in [-0.05, 0) is 38.5 Å². The molecule has 0 saturated heterocycles. The molecule has 2 unspecified atom stereocenters. The fraction of sp³-hybridized carbons (Fsp3) is 0.741. The van der Waals surface area contributed by atoms with Crippen LogP contribution in [0.3, 0.4) is 0 Å². The van der Waals surface area contributed by atoms with Gasteiger partial charge in [0.05, 0.1) is 17.6 Å². The number of hydrogen-bond donors (Lipinski definition) is 3. The van der Waals surface area contributed by atoms with Crippen molar-refractivity contribution < 1.29 is 57.3 Å². The number of sulfone groups is 1. The third kappa shape index (κ3) is 19.2. The molecule has 0 aromatic carbocycles. The van der Waals surface area contributed by atoms with E-state index in [9.17, 15) is 47.1 Å². The van der Waals surface area contributed by atoms with Gasteiger partial charge in [0.1, 0.15) is 28.9 Å². The van der Waals surface area contributed by atoms with Gasteiger partial charge in [0.25, 0.3) is 0 Å².